The van der Waals surface area contributed by atoms with Crippen LogP contribution in [0.25, 0.3) is 0 Å². The van der Waals surface area contributed by atoms with Gasteiger partial charge in [0.2, 0.25) is 0 Å². The van der Waals surface area contributed by atoms with Gasteiger partial charge in [-0.15, -0.1) is 0 Å². The van der Waals surface area contributed by atoms with E-state index in [0.717, 1.165) is 13.1 Å². The van der Waals surface area contributed by atoms with E-state index in [1.165, 1.54) is 78.8 Å². The van der Waals surface area contributed by atoms with Gasteiger partial charge in [-0.3, -0.25) is 0 Å². The van der Waals surface area contributed by atoms with Crippen molar-refractivity contribution in [3.63, 3.8) is 0 Å². The van der Waals surface area contributed by atoms with Gasteiger partial charge in [0, 0.05) is 36.7 Å². The third kappa shape index (κ3) is 8.31. The highest BCUT2D eigenvalue weighted by molar-refractivity contribution is 5.54. The standard InChI is InChI=1S/C11H17N.C10H13N.C9H13N/c1-9(2)8-12-11-7-5-4-6-10(11)3;1-8-4-5-9-3-2-6-11-10(9)7-8;1-2-6-9-8(4-1)5-3-7-10-9/h4-7,9,12H,8H2,1-3H3;4-5,7,11H,2-3,6H2,1H3;4,6,10H,1-3,5,7H2. The molecule has 1 saturated heterocycles. The van der Waals surface area contributed by atoms with E-state index in [0.29, 0.717) is 5.92 Å². The highest BCUT2D eigenvalue weighted by atomic mass is 14.9. The van der Waals surface area contributed by atoms with Crippen molar-refractivity contribution in [2.75, 3.05) is 30.3 Å². The van der Waals surface area contributed by atoms with E-state index in [1.807, 2.05) is 0 Å². The normalized spacial score (nSPS) is 16.2. The summed E-state index contributed by atoms with van der Waals surface area (Å²) in [5.74, 6) is 0.699. The smallest absolute Gasteiger partial charge is 0.0375 e. The van der Waals surface area contributed by atoms with E-state index in [-0.39, 0.29) is 0 Å². The Balaban J connectivity index is 0.000000140. The van der Waals surface area contributed by atoms with Gasteiger partial charge in [0.1, 0.15) is 0 Å². The van der Waals surface area contributed by atoms with E-state index < -0.39 is 0 Å². The molecular formula is C30H43N3. The molecule has 0 spiro atoms. The summed E-state index contributed by atoms with van der Waals surface area (Å²) in [4.78, 5) is 0. The van der Waals surface area contributed by atoms with Crippen LogP contribution < -0.4 is 16.0 Å². The average Bonchev–Trinajstić information content (AvgIpc) is 2.84. The Kier molecular flexibility index (Phi) is 9.93. The molecule has 1 aliphatic carbocycles. The molecule has 1 fully saturated rings. The second-order valence-corrected chi connectivity index (χ2v) is 9.74. The molecule has 5 rings (SSSR count). The lowest BCUT2D eigenvalue weighted by Gasteiger charge is -2.22. The molecular weight excluding hydrogens is 402 g/mol. The predicted molar refractivity (Wildman–Crippen MR) is 145 cm³/mol. The van der Waals surface area contributed by atoms with Gasteiger partial charge in [-0.1, -0.05) is 56.3 Å². The lowest BCUT2D eigenvalue weighted by atomic mass is 9.96. The average molecular weight is 446 g/mol. The SMILES string of the molecule is C1=C2CCCNC2=CCC1.Cc1ccc2c(c1)NCCC2.Cc1ccccc1NCC(C)C. The van der Waals surface area contributed by atoms with Crippen LogP contribution in [0.15, 0.2) is 65.9 Å². The Morgan fingerprint density at radius 3 is 2.42 bits per heavy atom. The number of hydrogen-bond donors (Lipinski definition) is 3. The van der Waals surface area contributed by atoms with Crippen molar-refractivity contribution >= 4 is 11.4 Å². The molecule has 2 aromatic rings. The zero-order valence-corrected chi connectivity index (χ0v) is 21.1. The molecule has 0 saturated carbocycles. The molecule has 0 radical (unpaired) electrons. The van der Waals surface area contributed by atoms with Gasteiger partial charge >= 0.3 is 0 Å². The quantitative estimate of drug-likeness (QED) is 0.461. The van der Waals surface area contributed by atoms with Crippen molar-refractivity contribution in [3.05, 3.63) is 82.6 Å². The van der Waals surface area contributed by atoms with Crippen LogP contribution in [0.2, 0.25) is 0 Å². The first-order valence-corrected chi connectivity index (χ1v) is 12.8. The van der Waals surface area contributed by atoms with Crippen LogP contribution in [0.5, 0.6) is 0 Å². The molecule has 3 nitrogen and oxygen atoms in total. The Morgan fingerprint density at radius 2 is 1.64 bits per heavy atom. The number of hydrogen-bond acceptors (Lipinski definition) is 3. The highest BCUT2D eigenvalue weighted by Crippen LogP contribution is 2.24. The Labute approximate surface area is 201 Å². The number of para-hydroxylation sites is 1. The number of aryl methyl sites for hydroxylation is 3. The Bertz CT molecular complexity index is 917. The number of rotatable bonds is 3. The number of anilines is 2. The van der Waals surface area contributed by atoms with Gasteiger partial charge in [0.15, 0.2) is 0 Å². The minimum Gasteiger partial charge on any atom is -0.385 e. The number of allylic oxidation sites excluding steroid dienone is 3. The molecule has 0 amide bonds. The van der Waals surface area contributed by atoms with Crippen molar-refractivity contribution < 1.29 is 0 Å². The van der Waals surface area contributed by atoms with Crippen LogP contribution in [0.3, 0.4) is 0 Å². The van der Waals surface area contributed by atoms with Crippen molar-refractivity contribution in [2.24, 2.45) is 5.92 Å². The van der Waals surface area contributed by atoms with Gasteiger partial charge in [0.05, 0.1) is 0 Å². The summed E-state index contributed by atoms with van der Waals surface area (Å²) in [5.41, 5.74) is 9.70. The van der Waals surface area contributed by atoms with Crippen molar-refractivity contribution in [1.82, 2.24) is 5.32 Å². The Hall–Kier alpha value is -2.68. The number of piperidine rings is 1. The second-order valence-electron chi connectivity index (χ2n) is 9.74. The van der Waals surface area contributed by atoms with E-state index in [4.69, 9.17) is 0 Å². The third-order valence-corrected chi connectivity index (χ3v) is 6.24. The molecule has 0 bridgehead atoms. The lowest BCUT2D eigenvalue weighted by molar-refractivity contribution is 0.654. The fourth-order valence-corrected chi connectivity index (χ4v) is 4.31. The summed E-state index contributed by atoms with van der Waals surface area (Å²) < 4.78 is 0. The van der Waals surface area contributed by atoms with Gasteiger partial charge < -0.3 is 16.0 Å². The van der Waals surface area contributed by atoms with Gasteiger partial charge in [-0.2, -0.15) is 0 Å². The molecule has 3 heteroatoms. The van der Waals surface area contributed by atoms with Crippen LogP contribution in [0, 0.1) is 19.8 Å². The largest absolute Gasteiger partial charge is 0.385 e. The molecule has 178 valence electrons. The minimum absolute atomic E-state index is 0.699. The van der Waals surface area contributed by atoms with E-state index in [9.17, 15) is 0 Å². The van der Waals surface area contributed by atoms with Gasteiger partial charge in [0.25, 0.3) is 0 Å². The predicted octanol–water partition coefficient (Wildman–Crippen LogP) is 7.39. The van der Waals surface area contributed by atoms with Crippen LogP contribution in [0.1, 0.15) is 62.6 Å². The Morgan fingerprint density at radius 1 is 0.879 bits per heavy atom. The molecule has 2 heterocycles. The highest BCUT2D eigenvalue weighted by Gasteiger charge is 2.11. The van der Waals surface area contributed by atoms with Gasteiger partial charge in [-0.05, 0) is 92.7 Å². The van der Waals surface area contributed by atoms with Crippen LogP contribution in [0.4, 0.5) is 11.4 Å². The van der Waals surface area contributed by atoms with E-state index >= 15 is 0 Å². The van der Waals surface area contributed by atoms with E-state index in [1.54, 1.807) is 5.57 Å². The molecule has 33 heavy (non-hydrogen) atoms. The molecule has 3 aliphatic rings. The number of nitrogens with one attached hydrogen (secondary N) is 3. The zero-order valence-electron chi connectivity index (χ0n) is 21.1. The lowest BCUT2D eigenvalue weighted by Crippen LogP contribution is -2.22. The summed E-state index contributed by atoms with van der Waals surface area (Å²) in [6.45, 7) is 12.0. The summed E-state index contributed by atoms with van der Waals surface area (Å²) in [5, 5.41) is 10.2. The fourth-order valence-electron chi connectivity index (χ4n) is 4.31. The second kappa shape index (κ2) is 13.1. The van der Waals surface area contributed by atoms with E-state index in [2.05, 4.69) is 98.3 Å². The summed E-state index contributed by atoms with van der Waals surface area (Å²) in [6.07, 6.45) is 12.3. The molecule has 0 atom stereocenters. The molecule has 2 aliphatic heterocycles. The topological polar surface area (TPSA) is 36.1 Å². The molecule has 3 N–H and O–H groups in total. The third-order valence-electron chi connectivity index (χ3n) is 6.24. The van der Waals surface area contributed by atoms with Crippen molar-refractivity contribution in [3.8, 4) is 0 Å². The molecule has 2 aromatic carbocycles. The first-order chi connectivity index (χ1) is 16.0. The van der Waals surface area contributed by atoms with Gasteiger partial charge in [-0.25, -0.2) is 0 Å². The summed E-state index contributed by atoms with van der Waals surface area (Å²) in [6, 6.07) is 15.0. The first kappa shape index (κ1) is 25.0. The maximum atomic E-state index is 3.41. The first-order valence-electron chi connectivity index (χ1n) is 12.8. The zero-order chi connectivity index (χ0) is 23.5. The summed E-state index contributed by atoms with van der Waals surface area (Å²) in [7, 11) is 0. The number of benzene rings is 2. The number of fused-ring (bicyclic) bond motifs is 2. The van der Waals surface area contributed by atoms with Crippen molar-refractivity contribution in [2.45, 2.75) is 66.2 Å². The molecule has 0 aromatic heterocycles. The monoisotopic (exact) mass is 445 g/mol. The van der Waals surface area contributed by atoms with Crippen LogP contribution >= 0.6 is 0 Å². The van der Waals surface area contributed by atoms with Crippen LogP contribution in [-0.2, 0) is 6.42 Å². The van der Waals surface area contributed by atoms with Crippen LogP contribution in [-0.4, -0.2) is 19.6 Å². The van der Waals surface area contributed by atoms with Crippen molar-refractivity contribution in [1.29, 1.82) is 0 Å². The maximum absolute atomic E-state index is 3.41. The minimum atomic E-state index is 0.699. The maximum Gasteiger partial charge on any atom is 0.0375 e. The molecule has 0 unspecified atom stereocenters. The summed E-state index contributed by atoms with van der Waals surface area (Å²) >= 11 is 0. The fraction of sp³-hybridized carbons (Fsp3) is 0.467.